The molecule has 0 aliphatic carbocycles. The molecule has 1 atom stereocenters. The number of hydrogen-bond donors (Lipinski definition) is 2. The fraction of sp³-hybridized carbons (Fsp3) is 0.273. The minimum atomic E-state index is -0.491. The zero-order chi connectivity index (χ0) is 11.3. The Bertz CT molecular complexity index is 395. The maximum Gasteiger partial charge on any atom is 0.320 e. The number of nitrogens with one attached hydrogen (secondary N) is 2. The molecule has 2 amide bonds. The quantitative estimate of drug-likeness (QED) is 0.772. The molecule has 0 spiro atoms. The number of amides is 2. The normalized spacial score (nSPS) is 11.3. The summed E-state index contributed by atoms with van der Waals surface area (Å²) in [7, 11) is 0. The Morgan fingerprint density at radius 2 is 2.27 bits per heavy atom. The predicted octanol–water partition coefficient (Wildman–Crippen LogP) is 2.03. The van der Waals surface area contributed by atoms with Crippen molar-refractivity contribution in [1.29, 1.82) is 5.26 Å². The van der Waals surface area contributed by atoms with Crippen LogP contribution in [0.4, 0.5) is 10.5 Å². The van der Waals surface area contributed by atoms with Crippen molar-refractivity contribution in [3.8, 4) is 6.07 Å². The van der Waals surface area contributed by atoms with Gasteiger partial charge in [-0.2, -0.15) is 5.26 Å². The van der Waals surface area contributed by atoms with Crippen LogP contribution >= 0.6 is 0 Å². The van der Waals surface area contributed by atoms with E-state index in [1.807, 2.05) is 31.2 Å². The zero-order valence-electron chi connectivity index (χ0n) is 8.74. The van der Waals surface area contributed by atoms with Gasteiger partial charge in [-0.3, -0.25) is 0 Å². The van der Waals surface area contributed by atoms with Gasteiger partial charge in [-0.25, -0.2) is 4.79 Å². The number of anilines is 1. The van der Waals surface area contributed by atoms with E-state index in [2.05, 4.69) is 10.6 Å². The number of rotatable bonds is 2. The highest BCUT2D eigenvalue weighted by atomic mass is 16.2. The van der Waals surface area contributed by atoms with E-state index < -0.39 is 6.04 Å². The van der Waals surface area contributed by atoms with Gasteiger partial charge in [-0.1, -0.05) is 12.1 Å². The Kier molecular flexibility index (Phi) is 3.69. The molecular weight excluding hydrogens is 190 g/mol. The molecule has 0 fully saturated rings. The Morgan fingerprint density at radius 1 is 1.53 bits per heavy atom. The summed E-state index contributed by atoms with van der Waals surface area (Å²) in [5.74, 6) is 0. The van der Waals surface area contributed by atoms with Crippen molar-refractivity contribution < 1.29 is 4.79 Å². The van der Waals surface area contributed by atoms with Crippen molar-refractivity contribution in [1.82, 2.24) is 5.32 Å². The average Bonchev–Trinajstić information content (AvgIpc) is 2.17. The maximum atomic E-state index is 11.3. The third kappa shape index (κ3) is 3.69. The van der Waals surface area contributed by atoms with Gasteiger partial charge in [0.2, 0.25) is 0 Å². The molecule has 1 rings (SSSR count). The summed E-state index contributed by atoms with van der Waals surface area (Å²) in [6.45, 7) is 3.57. The smallest absolute Gasteiger partial charge is 0.320 e. The number of urea groups is 1. The second-order valence-electron chi connectivity index (χ2n) is 3.32. The second kappa shape index (κ2) is 5.01. The molecule has 0 bridgehead atoms. The number of nitrogens with zero attached hydrogens (tertiary/aromatic N) is 1. The number of carbonyl (C=O) groups is 1. The molecule has 4 nitrogen and oxygen atoms in total. The van der Waals surface area contributed by atoms with Crippen LogP contribution in [0.3, 0.4) is 0 Å². The van der Waals surface area contributed by atoms with E-state index >= 15 is 0 Å². The van der Waals surface area contributed by atoms with Crippen LogP contribution in [-0.4, -0.2) is 12.1 Å². The van der Waals surface area contributed by atoms with E-state index in [1.165, 1.54) is 0 Å². The molecule has 0 aromatic heterocycles. The fourth-order valence-corrected chi connectivity index (χ4v) is 1.12. The lowest BCUT2D eigenvalue weighted by atomic mass is 10.2. The van der Waals surface area contributed by atoms with Crippen LogP contribution in [0.2, 0.25) is 0 Å². The standard InChI is InChI=1S/C11H13N3O/c1-8-4-3-5-10(6-8)14-11(15)13-9(2)7-12/h3-6,9H,1-2H3,(H2,13,14,15). The van der Waals surface area contributed by atoms with Crippen LogP contribution in [0, 0.1) is 18.3 Å². The average molecular weight is 203 g/mol. The minimum Gasteiger partial charge on any atom is -0.322 e. The van der Waals surface area contributed by atoms with Gasteiger partial charge in [0, 0.05) is 5.69 Å². The molecule has 1 aromatic rings. The fourth-order valence-electron chi connectivity index (χ4n) is 1.12. The monoisotopic (exact) mass is 203 g/mol. The van der Waals surface area contributed by atoms with Crippen molar-refractivity contribution in [3.05, 3.63) is 29.8 Å². The van der Waals surface area contributed by atoms with E-state index in [0.717, 1.165) is 11.3 Å². The number of carbonyl (C=O) groups excluding carboxylic acids is 1. The van der Waals surface area contributed by atoms with E-state index in [1.54, 1.807) is 13.0 Å². The number of aryl methyl sites for hydroxylation is 1. The van der Waals surface area contributed by atoms with Gasteiger partial charge >= 0.3 is 6.03 Å². The molecular formula is C11H13N3O. The summed E-state index contributed by atoms with van der Waals surface area (Å²) < 4.78 is 0. The Balaban J connectivity index is 2.56. The summed E-state index contributed by atoms with van der Waals surface area (Å²) in [5.41, 5.74) is 1.79. The van der Waals surface area contributed by atoms with E-state index in [0.29, 0.717) is 0 Å². The molecule has 0 aliphatic heterocycles. The molecule has 2 N–H and O–H groups in total. The van der Waals surface area contributed by atoms with Crippen molar-refractivity contribution in [2.75, 3.05) is 5.32 Å². The van der Waals surface area contributed by atoms with Crippen molar-refractivity contribution >= 4 is 11.7 Å². The summed E-state index contributed by atoms with van der Waals surface area (Å²) in [6, 6.07) is 8.52. The topological polar surface area (TPSA) is 64.9 Å². The van der Waals surface area contributed by atoms with Crippen molar-refractivity contribution in [2.45, 2.75) is 19.9 Å². The van der Waals surface area contributed by atoms with Crippen LogP contribution < -0.4 is 10.6 Å². The van der Waals surface area contributed by atoms with Gasteiger partial charge in [0.15, 0.2) is 0 Å². The van der Waals surface area contributed by atoms with E-state index in [9.17, 15) is 4.79 Å². The van der Waals surface area contributed by atoms with Crippen molar-refractivity contribution in [3.63, 3.8) is 0 Å². The maximum absolute atomic E-state index is 11.3. The van der Waals surface area contributed by atoms with Gasteiger partial charge in [0.05, 0.1) is 6.07 Å². The van der Waals surface area contributed by atoms with Gasteiger partial charge in [-0.15, -0.1) is 0 Å². The third-order valence-electron chi connectivity index (χ3n) is 1.82. The van der Waals surface area contributed by atoms with E-state index in [4.69, 9.17) is 5.26 Å². The van der Waals surface area contributed by atoms with Crippen LogP contribution in [0.5, 0.6) is 0 Å². The highest BCUT2D eigenvalue weighted by molar-refractivity contribution is 5.89. The van der Waals surface area contributed by atoms with Gasteiger partial charge in [-0.05, 0) is 31.5 Å². The SMILES string of the molecule is Cc1cccc(NC(=O)NC(C)C#N)c1. The Labute approximate surface area is 88.9 Å². The van der Waals surface area contributed by atoms with Crippen LogP contribution in [-0.2, 0) is 0 Å². The van der Waals surface area contributed by atoms with Crippen molar-refractivity contribution in [2.24, 2.45) is 0 Å². The number of benzene rings is 1. The van der Waals surface area contributed by atoms with Crippen LogP contribution in [0.15, 0.2) is 24.3 Å². The highest BCUT2D eigenvalue weighted by Gasteiger charge is 2.05. The highest BCUT2D eigenvalue weighted by Crippen LogP contribution is 2.08. The first-order chi connectivity index (χ1) is 7.11. The molecule has 0 heterocycles. The summed E-state index contributed by atoms with van der Waals surface area (Å²) in [6.07, 6.45) is 0. The Morgan fingerprint density at radius 3 is 2.87 bits per heavy atom. The molecule has 0 aliphatic rings. The first-order valence-corrected chi connectivity index (χ1v) is 4.65. The second-order valence-corrected chi connectivity index (χ2v) is 3.32. The van der Waals surface area contributed by atoms with E-state index in [-0.39, 0.29) is 6.03 Å². The molecule has 15 heavy (non-hydrogen) atoms. The molecule has 0 radical (unpaired) electrons. The zero-order valence-corrected chi connectivity index (χ0v) is 8.74. The molecule has 1 aromatic carbocycles. The summed E-state index contributed by atoms with van der Waals surface area (Å²) in [4.78, 5) is 11.3. The third-order valence-corrected chi connectivity index (χ3v) is 1.82. The van der Waals surface area contributed by atoms with Gasteiger partial charge < -0.3 is 10.6 Å². The van der Waals surface area contributed by atoms with Crippen LogP contribution in [0.25, 0.3) is 0 Å². The lowest BCUT2D eigenvalue weighted by Gasteiger charge is -2.08. The molecule has 0 saturated heterocycles. The summed E-state index contributed by atoms with van der Waals surface area (Å²) >= 11 is 0. The lowest BCUT2D eigenvalue weighted by molar-refractivity contribution is 0.251. The predicted molar refractivity (Wildman–Crippen MR) is 58.4 cm³/mol. The summed E-state index contributed by atoms with van der Waals surface area (Å²) in [5, 5.41) is 13.6. The number of nitriles is 1. The largest absolute Gasteiger partial charge is 0.322 e. The van der Waals surface area contributed by atoms with Crippen LogP contribution in [0.1, 0.15) is 12.5 Å². The van der Waals surface area contributed by atoms with Gasteiger partial charge in [0.25, 0.3) is 0 Å². The molecule has 0 saturated carbocycles. The minimum absolute atomic E-state index is 0.366. The van der Waals surface area contributed by atoms with Gasteiger partial charge in [0.1, 0.15) is 6.04 Å². The lowest BCUT2D eigenvalue weighted by Crippen LogP contribution is -2.35. The molecule has 78 valence electrons. The first-order valence-electron chi connectivity index (χ1n) is 4.65. The molecule has 4 heteroatoms. The first kappa shape index (κ1) is 11.1. The number of hydrogen-bond acceptors (Lipinski definition) is 2. The molecule has 1 unspecified atom stereocenters. The Hall–Kier alpha value is -2.02.